The number of hydrogen-bond acceptors (Lipinski definition) is 9. The molecule has 0 spiro atoms. The van der Waals surface area contributed by atoms with E-state index in [4.69, 9.17) is 4.74 Å². The number of carbonyl (C=O) groups is 2. The van der Waals surface area contributed by atoms with Gasteiger partial charge in [0.05, 0.1) is 17.4 Å². The second-order valence-corrected chi connectivity index (χ2v) is 9.60. The van der Waals surface area contributed by atoms with Crippen LogP contribution in [0.25, 0.3) is 33.5 Å². The average Bonchev–Trinajstić information content (AvgIpc) is 3.70. The van der Waals surface area contributed by atoms with Crippen molar-refractivity contribution >= 4 is 23.0 Å². The normalized spacial score (nSPS) is 18.1. The van der Waals surface area contributed by atoms with Gasteiger partial charge in [0.15, 0.2) is 0 Å². The van der Waals surface area contributed by atoms with E-state index in [1.54, 1.807) is 10.9 Å². The van der Waals surface area contributed by atoms with Gasteiger partial charge in [-0.25, -0.2) is 14.6 Å². The number of carbonyl (C=O) groups excluding carboxylic acids is 2. The summed E-state index contributed by atoms with van der Waals surface area (Å²) in [4.78, 5) is 30.5. The summed E-state index contributed by atoms with van der Waals surface area (Å²) >= 11 is 0. The van der Waals surface area contributed by atoms with Gasteiger partial charge in [0, 0.05) is 12.0 Å². The van der Waals surface area contributed by atoms with E-state index < -0.39 is 23.7 Å². The Hall–Kier alpha value is -3.96. The van der Waals surface area contributed by atoms with E-state index in [9.17, 15) is 14.7 Å². The molecular weight excluding hydrogens is 486 g/mol. The number of esters is 2. The van der Waals surface area contributed by atoms with Crippen LogP contribution in [0.2, 0.25) is 0 Å². The van der Waals surface area contributed by atoms with Gasteiger partial charge in [-0.1, -0.05) is 62.9 Å². The number of imidazole rings is 1. The minimum Gasteiger partial charge on any atom is -0.388 e. The van der Waals surface area contributed by atoms with Crippen LogP contribution in [0.15, 0.2) is 48.8 Å². The highest BCUT2D eigenvalue weighted by Gasteiger charge is 2.42. The molecule has 5 rings (SSSR count). The molecule has 0 radical (unpaired) electrons. The number of H-pyrrole nitrogens is 1. The van der Waals surface area contributed by atoms with Gasteiger partial charge in [0.2, 0.25) is 11.5 Å². The number of unbranched alkanes of at least 4 members (excludes halogenated alkanes) is 3. The van der Waals surface area contributed by atoms with Crippen LogP contribution in [0, 0.1) is 0 Å². The summed E-state index contributed by atoms with van der Waals surface area (Å²) in [7, 11) is 0. The zero-order valence-electron chi connectivity index (χ0n) is 21.3. The molecule has 2 aromatic carbocycles. The minimum absolute atomic E-state index is 0.211. The summed E-state index contributed by atoms with van der Waals surface area (Å²) in [5, 5.41) is 27.6. The third kappa shape index (κ3) is 5.20. The molecule has 1 fully saturated rings. The number of aromatic amines is 1. The van der Waals surface area contributed by atoms with Crippen LogP contribution in [0.5, 0.6) is 0 Å². The quantitative estimate of drug-likeness (QED) is 0.163. The molecule has 0 amide bonds. The van der Waals surface area contributed by atoms with Crippen molar-refractivity contribution in [1.29, 1.82) is 0 Å². The first-order chi connectivity index (χ1) is 18.5. The molecule has 1 saturated heterocycles. The Labute approximate surface area is 219 Å². The first kappa shape index (κ1) is 25.7. The largest absolute Gasteiger partial charge is 0.388 e. The monoisotopic (exact) mass is 517 g/mol. The number of tetrazole rings is 1. The summed E-state index contributed by atoms with van der Waals surface area (Å²) < 4.78 is 6.98. The van der Waals surface area contributed by atoms with Crippen LogP contribution in [0.3, 0.4) is 0 Å². The summed E-state index contributed by atoms with van der Waals surface area (Å²) in [6.07, 6.45) is 6.81. The molecule has 2 atom stereocenters. The Balaban J connectivity index is 1.44. The molecule has 0 bridgehead atoms. The first-order valence-electron chi connectivity index (χ1n) is 13.0. The molecule has 1 unspecified atom stereocenters. The molecule has 3 N–H and O–H groups in total. The number of ether oxygens (including phenoxy) is 1. The van der Waals surface area contributed by atoms with Crippen LogP contribution < -0.4 is 5.32 Å². The van der Waals surface area contributed by atoms with Crippen molar-refractivity contribution in [3.05, 3.63) is 48.8 Å². The van der Waals surface area contributed by atoms with Crippen LogP contribution in [0.1, 0.15) is 57.9 Å². The van der Waals surface area contributed by atoms with Crippen LogP contribution in [0.4, 0.5) is 0 Å². The Kier molecular flexibility index (Phi) is 7.57. The van der Waals surface area contributed by atoms with Crippen molar-refractivity contribution < 1.29 is 19.4 Å². The summed E-state index contributed by atoms with van der Waals surface area (Å²) in [6, 6.07) is 12.8. The summed E-state index contributed by atoms with van der Waals surface area (Å²) in [6.45, 7) is 2.61. The van der Waals surface area contributed by atoms with E-state index in [1.165, 1.54) is 0 Å². The predicted octanol–water partition coefficient (Wildman–Crippen LogP) is 3.54. The van der Waals surface area contributed by atoms with E-state index in [0.717, 1.165) is 47.9 Å². The maximum Gasteiger partial charge on any atom is 0.361 e. The lowest BCUT2D eigenvalue weighted by molar-refractivity contribution is -0.177. The molecule has 0 aliphatic carbocycles. The van der Waals surface area contributed by atoms with E-state index in [-0.39, 0.29) is 6.42 Å². The van der Waals surface area contributed by atoms with Gasteiger partial charge in [0.1, 0.15) is 6.04 Å². The highest BCUT2D eigenvalue weighted by atomic mass is 16.6. The van der Waals surface area contributed by atoms with Crippen molar-refractivity contribution in [2.24, 2.45) is 0 Å². The number of aliphatic hydroxyl groups is 1. The third-order valence-corrected chi connectivity index (χ3v) is 7.00. The number of aromatic nitrogens is 6. The van der Waals surface area contributed by atoms with Gasteiger partial charge < -0.3 is 14.4 Å². The fraction of sp³-hybridized carbons (Fsp3) is 0.407. The lowest BCUT2D eigenvalue weighted by atomic mass is 9.99. The van der Waals surface area contributed by atoms with Gasteiger partial charge in [-0.05, 0) is 47.9 Å². The van der Waals surface area contributed by atoms with E-state index >= 15 is 0 Å². The van der Waals surface area contributed by atoms with Crippen molar-refractivity contribution in [1.82, 2.24) is 35.5 Å². The molecule has 11 nitrogen and oxygen atoms in total. The number of benzene rings is 2. The highest BCUT2D eigenvalue weighted by Crippen LogP contribution is 2.33. The van der Waals surface area contributed by atoms with Crippen molar-refractivity contribution in [2.45, 2.75) is 63.6 Å². The molecule has 3 heterocycles. The fourth-order valence-electron chi connectivity index (χ4n) is 4.93. The third-order valence-electron chi connectivity index (χ3n) is 7.00. The molecular formula is C27H31N7O4. The second kappa shape index (κ2) is 11.2. The molecule has 38 heavy (non-hydrogen) atoms. The lowest BCUT2D eigenvalue weighted by Crippen LogP contribution is -2.49. The Morgan fingerprint density at radius 1 is 1.16 bits per heavy atom. The average molecular weight is 518 g/mol. The molecule has 11 heteroatoms. The molecule has 1 aliphatic heterocycles. The molecule has 1 aliphatic rings. The van der Waals surface area contributed by atoms with Gasteiger partial charge in [-0.3, -0.25) is 5.32 Å². The van der Waals surface area contributed by atoms with Crippen molar-refractivity contribution in [3.8, 4) is 22.5 Å². The Morgan fingerprint density at radius 2 is 2.00 bits per heavy atom. The van der Waals surface area contributed by atoms with E-state index in [2.05, 4.69) is 37.8 Å². The number of rotatable bonds is 10. The number of nitrogens with zero attached hydrogens (tertiary/aromatic N) is 5. The number of hydrogen-bond donors (Lipinski definition) is 3. The molecule has 2 aromatic heterocycles. The van der Waals surface area contributed by atoms with E-state index in [1.807, 2.05) is 42.5 Å². The van der Waals surface area contributed by atoms with Crippen LogP contribution in [-0.2, 0) is 14.3 Å². The standard InChI is InChI=1S/C27H31N7O4/c1-2-3-4-5-11-23(25(35)38-26(36)27(37)14-8-15-29-27)34-17-28-21-16-18(12-13-22(21)34)19-9-6-7-10-20(19)24-30-32-33-31-24/h6-7,9-10,12-13,16-17,23,29,37H,2-5,8,11,14-15H2,1H3,(H,30,31,32,33)/t23?,27-/m1/s1. The number of nitrogens with one attached hydrogen (secondary N) is 2. The second-order valence-electron chi connectivity index (χ2n) is 9.60. The topological polar surface area (TPSA) is 148 Å². The first-order valence-corrected chi connectivity index (χ1v) is 13.0. The summed E-state index contributed by atoms with van der Waals surface area (Å²) in [5.41, 5.74) is 2.28. The smallest absolute Gasteiger partial charge is 0.361 e. The Morgan fingerprint density at radius 3 is 2.74 bits per heavy atom. The van der Waals surface area contributed by atoms with Gasteiger partial charge >= 0.3 is 11.9 Å². The number of fused-ring (bicyclic) bond motifs is 1. The zero-order chi connectivity index (χ0) is 26.5. The summed E-state index contributed by atoms with van der Waals surface area (Å²) in [5.74, 6) is -1.16. The fourth-order valence-corrected chi connectivity index (χ4v) is 4.93. The van der Waals surface area contributed by atoms with Crippen molar-refractivity contribution in [2.75, 3.05) is 6.54 Å². The minimum atomic E-state index is -1.82. The zero-order valence-corrected chi connectivity index (χ0v) is 21.3. The van der Waals surface area contributed by atoms with Crippen LogP contribution in [-0.4, -0.2) is 59.5 Å². The molecule has 4 aromatic rings. The van der Waals surface area contributed by atoms with Gasteiger partial charge in [-0.15, -0.1) is 10.2 Å². The van der Waals surface area contributed by atoms with Crippen LogP contribution >= 0.6 is 0 Å². The molecule has 0 saturated carbocycles. The SMILES string of the molecule is CCCCCCC(C(=O)OC(=O)[C@]1(O)CCCN1)n1cnc2cc(-c3ccccc3-c3nn[nH]n3)ccc21. The highest BCUT2D eigenvalue weighted by molar-refractivity contribution is 5.93. The maximum absolute atomic E-state index is 13.3. The molecule has 198 valence electrons. The van der Waals surface area contributed by atoms with Crippen molar-refractivity contribution in [3.63, 3.8) is 0 Å². The maximum atomic E-state index is 13.3. The lowest BCUT2D eigenvalue weighted by Gasteiger charge is -2.22. The predicted molar refractivity (Wildman–Crippen MR) is 139 cm³/mol. The van der Waals surface area contributed by atoms with E-state index in [0.29, 0.717) is 30.7 Å². The van der Waals surface area contributed by atoms with Gasteiger partial charge in [0.25, 0.3) is 0 Å². The van der Waals surface area contributed by atoms with Gasteiger partial charge in [-0.2, -0.15) is 5.21 Å². The Bertz CT molecular complexity index is 1410.